The molecule has 0 rings (SSSR count). The highest BCUT2D eigenvalue weighted by molar-refractivity contribution is 7.45. The van der Waals surface area contributed by atoms with Crippen molar-refractivity contribution in [3.8, 4) is 0 Å². The number of phosphoric ester groups is 1. The van der Waals surface area contributed by atoms with Crippen molar-refractivity contribution in [1.82, 2.24) is 5.32 Å². The number of nitrogens with zero attached hydrogens (tertiary/aromatic N) is 1. The first-order valence-corrected chi connectivity index (χ1v) is 36.9. The normalized spacial score (nSPS) is 14.0. The number of rotatable bonds is 64. The lowest BCUT2D eigenvalue weighted by Gasteiger charge is -2.30. The van der Waals surface area contributed by atoms with Crippen LogP contribution in [0.5, 0.6) is 0 Å². The Labute approximate surface area is 520 Å². The molecule has 10 heteroatoms. The number of quaternary nitrogens is 1. The molecule has 84 heavy (non-hydrogen) atoms. The summed E-state index contributed by atoms with van der Waals surface area (Å²) in [7, 11) is 1.18. The third kappa shape index (κ3) is 63.7. The van der Waals surface area contributed by atoms with Crippen LogP contribution in [0.1, 0.15) is 323 Å². The van der Waals surface area contributed by atoms with Crippen LogP contribution in [0.25, 0.3) is 0 Å². The zero-order valence-electron chi connectivity index (χ0n) is 55.8. The predicted molar refractivity (Wildman–Crippen MR) is 362 cm³/mol. The minimum Gasteiger partial charge on any atom is -0.756 e. The number of ether oxygens (including phenoxy) is 1. The predicted octanol–water partition coefficient (Wildman–Crippen LogP) is 21.9. The van der Waals surface area contributed by atoms with Gasteiger partial charge < -0.3 is 28.5 Å². The van der Waals surface area contributed by atoms with E-state index in [1.807, 2.05) is 33.3 Å². The van der Waals surface area contributed by atoms with Gasteiger partial charge in [-0.2, -0.15) is 0 Å². The summed E-state index contributed by atoms with van der Waals surface area (Å²) in [5, 5.41) is 3.04. The highest BCUT2D eigenvalue weighted by Crippen LogP contribution is 2.38. The lowest BCUT2D eigenvalue weighted by molar-refractivity contribution is -0.870. The van der Waals surface area contributed by atoms with Crippen molar-refractivity contribution in [1.29, 1.82) is 0 Å². The van der Waals surface area contributed by atoms with E-state index in [-0.39, 0.29) is 24.9 Å². The van der Waals surface area contributed by atoms with Crippen molar-refractivity contribution in [2.24, 2.45) is 0 Å². The van der Waals surface area contributed by atoms with Crippen LogP contribution in [0.4, 0.5) is 0 Å². The van der Waals surface area contributed by atoms with Gasteiger partial charge in [0.05, 0.1) is 33.8 Å². The Hall–Kier alpha value is -2.81. The number of carbonyl (C=O) groups is 2. The topological polar surface area (TPSA) is 114 Å². The maximum Gasteiger partial charge on any atom is 0.306 e. The molecule has 0 saturated carbocycles. The van der Waals surface area contributed by atoms with Crippen LogP contribution >= 0.6 is 7.82 Å². The molecule has 0 radical (unpaired) electrons. The van der Waals surface area contributed by atoms with E-state index in [0.717, 1.165) is 96.3 Å². The van der Waals surface area contributed by atoms with E-state index in [0.29, 0.717) is 17.4 Å². The average Bonchev–Trinajstić information content (AvgIpc) is 3.64. The molecule has 0 saturated heterocycles. The van der Waals surface area contributed by atoms with Crippen molar-refractivity contribution < 1.29 is 37.3 Å². The molecule has 0 heterocycles. The number of esters is 1. The van der Waals surface area contributed by atoms with Crippen LogP contribution in [0, 0.1) is 0 Å². The molecule has 3 unspecified atom stereocenters. The van der Waals surface area contributed by atoms with E-state index in [4.69, 9.17) is 13.8 Å². The fourth-order valence-electron chi connectivity index (χ4n) is 10.1. The average molecular weight is 1200 g/mol. The van der Waals surface area contributed by atoms with Crippen LogP contribution in [0.2, 0.25) is 0 Å². The Balaban J connectivity index is 5.10. The zero-order chi connectivity index (χ0) is 61.4. The van der Waals surface area contributed by atoms with E-state index < -0.39 is 26.6 Å². The molecule has 0 bridgehead atoms. The van der Waals surface area contributed by atoms with Crippen LogP contribution < -0.4 is 10.2 Å². The largest absolute Gasteiger partial charge is 0.756 e. The van der Waals surface area contributed by atoms with Gasteiger partial charge in [-0.1, -0.05) is 286 Å². The number of hydrogen-bond acceptors (Lipinski definition) is 7. The van der Waals surface area contributed by atoms with Gasteiger partial charge in [-0.05, 0) is 109 Å². The van der Waals surface area contributed by atoms with E-state index in [2.05, 4.69) is 99.0 Å². The SMILES string of the molecule is CCCCC/C=C\C/C=C\C/C=C\C/C=C\CCCCCCCCCCCC(=O)OC(/C=C/CCCCCCCCCCCC)C(COP(=O)([O-])OCC[N+](C)(C)C)NC(=O)CCCCCCCCCCCCC/C=C\C/C=C\CCCCC. The number of hydrogen-bond donors (Lipinski definition) is 1. The number of likely N-dealkylation sites (N-methyl/N-ethyl adjacent to an activating group) is 1. The minimum atomic E-state index is -4.71. The molecule has 488 valence electrons. The molecule has 0 spiro atoms. The van der Waals surface area contributed by atoms with Crippen molar-refractivity contribution in [2.75, 3.05) is 40.9 Å². The minimum absolute atomic E-state index is 0.0261. The summed E-state index contributed by atoms with van der Waals surface area (Å²) >= 11 is 0. The summed E-state index contributed by atoms with van der Waals surface area (Å²) in [5.74, 6) is -0.544. The zero-order valence-corrected chi connectivity index (χ0v) is 56.7. The lowest BCUT2D eigenvalue weighted by atomic mass is 10.0. The van der Waals surface area contributed by atoms with Gasteiger partial charge in [0.25, 0.3) is 7.82 Å². The fourth-order valence-corrected chi connectivity index (χ4v) is 10.8. The van der Waals surface area contributed by atoms with Gasteiger partial charge >= 0.3 is 5.97 Å². The molecule has 0 aliphatic carbocycles. The maximum absolute atomic E-state index is 13.6. The summed E-state index contributed by atoms with van der Waals surface area (Å²) in [6.07, 6.45) is 84.1. The van der Waals surface area contributed by atoms with Crippen LogP contribution in [-0.4, -0.2) is 69.4 Å². The Bertz CT molecular complexity index is 1710. The van der Waals surface area contributed by atoms with Gasteiger partial charge in [0.2, 0.25) is 5.91 Å². The number of amides is 1. The molecule has 0 aliphatic rings. The van der Waals surface area contributed by atoms with E-state index in [9.17, 15) is 19.0 Å². The molecule has 9 nitrogen and oxygen atoms in total. The van der Waals surface area contributed by atoms with Gasteiger partial charge in [0.15, 0.2) is 0 Å². The molecular weight excluding hydrogens is 1060 g/mol. The van der Waals surface area contributed by atoms with Gasteiger partial charge in [-0.25, -0.2) is 0 Å². The standard InChI is InChI=1S/C74H135N2O7P/c1-7-10-13-16-19-22-25-28-30-32-34-36-37-38-39-41-43-45-47-49-52-55-58-61-64-67-74(78)83-72(65-62-59-56-53-50-27-24-21-18-15-12-9-3)71(70-82-84(79,80)81-69-68-76(4,5)6)75-73(77)66-63-60-57-54-51-48-46-44-42-40-35-33-31-29-26-23-20-17-14-11-8-2/h19-20,22-23,28-31,34,36,38-39,62,65,71-72H,7-18,21,24-27,32-33,35,37,40-61,63-64,66-70H2,1-6H3,(H-,75,77,79,80)/b22-19-,23-20-,30-28-,31-29-,36-34-,39-38-,65-62+. The Kier molecular flexibility index (Phi) is 61.1. The van der Waals surface area contributed by atoms with Crippen LogP contribution in [-0.2, 0) is 27.9 Å². The van der Waals surface area contributed by atoms with E-state index >= 15 is 0 Å². The third-order valence-corrected chi connectivity index (χ3v) is 16.5. The fraction of sp³-hybridized carbons (Fsp3) is 0.784. The second-order valence-corrected chi connectivity index (χ2v) is 26.4. The number of nitrogens with one attached hydrogen (secondary N) is 1. The quantitative estimate of drug-likeness (QED) is 0.0212. The Morgan fingerprint density at radius 3 is 1.11 bits per heavy atom. The smallest absolute Gasteiger partial charge is 0.306 e. The first-order valence-electron chi connectivity index (χ1n) is 35.4. The van der Waals surface area contributed by atoms with Crippen LogP contribution in [0.3, 0.4) is 0 Å². The van der Waals surface area contributed by atoms with Crippen molar-refractivity contribution in [3.05, 3.63) is 85.1 Å². The molecule has 0 fully saturated rings. The molecule has 0 aromatic rings. The summed E-state index contributed by atoms with van der Waals surface area (Å²) in [6, 6.07) is -0.896. The molecule has 3 atom stereocenters. The number of phosphoric acid groups is 1. The Morgan fingerprint density at radius 2 is 0.726 bits per heavy atom. The van der Waals surface area contributed by atoms with Gasteiger partial charge in [0.1, 0.15) is 19.3 Å². The molecule has 1 N–H and O–H groups in total. The molecule has 1 amide bonds. The molecule has 0 aromatic heterocycles. The van der Waals surface area contributed by atoms with Crippen molar-refractivity contribution in [2.45, 2.75) is 335 Å². The molecule has 0 aromatic carbocycles. The Morgan fingerprint density at radius 1 is 0.417 bits per heavy atom. The third-order valence-electron chi connectivity index (χ3n) is 15.5. The highest BCUT2D eigenvalue weighted by Gasteiger charge is 2.27. The monoisotopic (exact) mass is 1200 g/mol. The maximum atomic E-state index is 13.6. The molecule has 0 aliphatic heterocycles. The van der Waals surface area contributed by atoms with Gasteiger partial charge in [-0.15, -0.1) is 0 Å². The number of carbonyl (C=O) groups excluding carboxylic acids is 2. The van der Waals surface area contributed by atoms with E-state index in [1.165, 1.54) is 193 Å². The summed E-state index contributed by atoms with van der Waals surface area (Å²) in [4.78, 5) is 40.2. The summed E-state index contributed by atoms with van der Waals surface area (Å²) in [6.45, 7) is 6.81. The number of allylic oxidation sites excluding steroid dienone is 13. The highest BCUT2D eigenvalue weighted by atomic mass is 31.2. The van der Waals surface area contributed by atoms with Crippen molar-refractivity contribution in [3.63, 3.8) is 0 Å². The second kappa shape index (κ2) is 63.2. The number of unbranched alkanes of at least 4 members (excludes halogenated alkanes) is 36. The van der Waals surface area contributed by atoms with Gasteiger partial charge in [0, 0.05) is 12.8 Å². The first-order chi connectivity index (χ1) is 40.9. The second-order valence-electron chi connectivity index (χ2n) is 25.0. The summed E-state index contributed by atoms with van der Waals surface area (Å²) in [5.41, 5.74) is 0. The van der Waals surface area contributed by atoms with Crippen LogP contribution in [0.15, 0.2) is 85.1 Å². The van der Waals surface area contributed by atoms with Crippen molar-refractivity contribution >= 4 is 19.7 Å². The van der Waals surface area contributed by atoms with Gasteiger partial charge in [-0.3, -0.25) is 14.2 Å². The summed E-state index contributed by atoms with van der Waals surface area (Å²) < 4.78 is 30.4. The van der Waals surface area contributed by atoms with E-state index in [1.54, 1.807) is 0 Å². The first kappa shape index (κ1) is 81.2. The lowest BCUT2D eigenvalue weighted by Crippen LogP contribution is -2.47. The molecular formula is C74H135N2O7P.